The lowest BCUT2D eigenvalue weighted by Crippen LogP contribution is -2.06. The van der Waals surface area contributed by atoms with Crippen LogP contribution in [0.3, 0.4) is 0 Å². The molecule has 0 aromatic heterocycles. The third kappa shape index (κ3) is 1.99. The van der Waals surface area contributed by atoms with Crippen molar-refractivity contribution < 1.29 is 22.8 Å². The zero-order chi connectivity index (χ0) is 11.9. The predicted molar refractivity (Wildman–Crippen MR) is 46.8 cm³/mol. The first kappa shape index (κ1) is 10.9. The molecular weight excluding hydrogens is 227 g/mol. The second-order valence-corrected chi connectivity index (χ2v) is 3.35. The molecule has 0 aliphatic carbocycles. The van der Waals surface area contributed by atoms with Gasteiger partial charge in [0.25, 0.3) is 5.69 Å². The van der Waals surface area contributed by atoms with Crippen LogP contribution in [0.4, 0.5) is 18.9 Å². The molecule has 0 spiro atoms. The van der Waals surface area contributed by atoms with E-state index in [1.165, 1.54) is 0 Å². The second kappa shape index (κ2) is 3.44. The summed E-state index contributed by atoms with van der Waals surface area (Å²) in [6.45, 7) is 0.312. The van der Waals surface area contributed by atoms with Crippen molar-refractivity contribution in [2.75, 3.05) is 6.61 Å². The minimum absolute atomic E-state index is 0.193. The molecule has 2 rings (SSSR count). The van der Waals surface area contributed by atoms with Crippen molar-refractivity contribution in [2.24, 2.45) is 0 Å². The molecule has 0 amide bonds. The monoisotopic (exact) mass is 233 g/mol. The normalized spacial score (nSPS) is 19.6. The largest absolute Gasteiger partial charge is 0.416 e. The standard InChI is InChI=1S/C9H6F3NO3/c10-9(11,12)5-1-2-6(8-4-16-8)7(3-5)13(14)15/h1-3,8H,4H2/t8-/m1/s1. The molecule has 16 heavy (non-hydrogen) atoms. The summed E-state index contributed by atoms with van der Waals surface area (Å²) in [5.41, 5.74) is -1.38. The van der Waals surface area contributed by atoms with Crippen molar-refractivity contribution in [3.05, 3.63) is 39.4 Å². The van der Waals surface area contributed by atoms with E-state index in [0.717, 1.165) is 12.1 Å². The fourth-order valence-electron chi connectivity index (χ4n) is 1.38. The molecular formula is C9H6F3NO3. The number of nitro benzene ring substituents is 1. The number of halogens is 3. The van der Waals surface area contributed by atoms with Crippen molar-refractivity contribution in [1.82, 2.24) is 0 Å². The molecule has 1 aliphatic heterocycles. The van der Waals surface area contributed by atoms with Gasteiger partial charge < -0.3 is 4.74 Å². The van der Waals surface area contributed by atoms with E-state index in [2.05, 4.69) is 0 Å². The molecule has 0 bridgehead atoms. The van der Waals surface area contributed by atoms with Crippen molar-refractivity contribution in [2.45, 2.75) is 12.3 Å². The average molecular weight is 233 g/mol. The summed E-state index contributed by atoms with van der Waals surface area (Å²) in [6, 6.07) is 2.46. The molecule has 0 unspecified atom stereocenters. The number of hydrogen-bond acceptors (Lipinski definition) is 3. The number of alkyl halides is 3. The van der Waals surface area contributed by atoms with Crippen LogP contribution >= 0.6 is 0 Å². The van der Waals surface area contributed by atoms with E-state index in [4.69, 9.17) is 4.74 Å². The van der Waals surface area contributed by atoms with E-state index in [1.54, 1.807) is 0 Å². The van der Waals surface area contributed by atoms with E-state index < -0.39 is 28.5 Å². The molecule has 0 saturated carbocycles. The minimum Gasteiger partial charge on any atom is -0.368 e. The molecule has 0 radical (unpaired) electrons. The van der Waals surface area contributed by atoms with Crippen LogP contribution in [0.2, 0.25) is 0 Å². The molecule has 4 nitrogen and oxygen atoms in total. The van der Waals surface area contributed by atoms with Gasteiger partial charge in [0, 0.05) is 6.07 Å². The van der Waals surface area contributed by atoms with Gasteiger partial charge in [0.05, 0.1) is 22.7 Å². The molecule has 7 heteroatoms. The van der Waals surface area contributed by atoms with Crippen LogP contribution in [0.1, 0.15) is 17.2 Å². The van der Waals surface area contributed by atoms with Gasteiger partial charge in [0.1, 0.15) is 6.10 Å². The van der Waals surface area contributed by atoms with Gasteiger partial charge in [-0.3, -0.25) is 10.1 Å². The highest BCUT2D eigenvalue weighted by Crippen LogP contribution is 2.39. The maximum atomic E-state index is 12.3. The predicted octanol–water partition coefficient (Wildman–Crippen LogP) is 2.68. The SMILES string of the molecule is O=[N+]([O-])c1cc(C(F)(F)F)ccc1[C@H]1CO1. The van der Waals surface area contributed by atoms with Crippen molar-refractivity contribution in [1.29, 1.82) is 0 Å². The zero-order valence-corrected chi connectivity index (χ0v) is 7.82. The Labute approximate surface area is 87.8 Å². The Bertz CT molecular complexity index is 440. The minimum atomic E-state index is -4.58. The fourth-order valence-corrected chi connectivity index (χ4v) is 1.38. The Balaban J connectivity index is 2.47. The van der Waals surface area contributed by atoms with Crippen LogP contribution in [0.25, 0.3) is 0 Å². The number of epoxide rings is 1. The van der Waals surface area contributed by atoms with Gasteiger partial charge in [-0.25, -0.2) is 0 Å². The Hall–Kier alpha value is -1.63. The summed E-state index contributed by atoms with van der Waals surface area (Å²) < 4.78 is 41.8. The van der Waals surface area contributed by atoms with Crippen molar-refractivity contribution >= 4 is 5.69 Å². The van der Waals surface area contributed by atoms with Crippen LogP contribution in [-0.4, -0.2) is 11.5 Å². The Morgan fingerprint density at radius 3 is 2.50 bits per heavy atom. The van der Waals surface area contributed by atoms with Gasteiger partial charge in [-0.2, -0.15) is 13.2 Å². The van der Waals surface area contributed by atoms with Crippen molar-refractivity contribution in [3.63, 3.8) is 0 Å². The number of ether oxygens (including phenoxy) is 1. The molecule has 1 saturated heterocycles. The summed E-state index contributed by atoms with van der Waals surface area (Å²) in [6.07, 6.45) is -5.02. The third-order valence-corrected chi connectivity index (χ3v) is 2.23. The third-order valence-electron chi connectivity index (χ3n) is 2.23. The topological polar surface area (TPSA) is 55.7 Å². The number of nitrogens with zero attached hydrogens (tertiary/aromatic N) is 1. The molecule has 1 heterocycles. The van der Waals surface area contributed by atoms with Gasteiger partial charge in [0.2, 0.25) is 0 Å². The highest BCUT2D eigenvalue weighted by Gasteiger charge is 2.36. The summed E-state index contributed by atoms with van der Waals surface area (Å²) in [5, 5.41) is 10.6. The number of rotatable bonds is 2. The van der Waals surface area contributed by atoms with E-state index in [1.807, 2.05) is 0 Å². The smallest absolute Gasteiger partial charge is 0.368 e. The molecule has 86 valence electrons. The second-order valence-electron chi connectivity index (χ2n) is 3.35. The maximum Gasteiger partial charge on any atom is 0.416 e. The zero-order valence-electron chi connectivity index (χ0n) is 7.82. The lowest BCUT2D eigenvalue weighted by Gasteiger charge is -2.07. The van der Waals surface area contributed by atoms with Gasteiger partial charge in [0.15, 0.2) is 0 Å². The lowest BCUT2D eigenvalue weighted by molar-refractivity contribution is -0.385. The fraction of sp³-hybridized carbons (Fsp3) is 0.333. The maximum absolute atomic E-state index is 12.3. The Kier molecular flexibility index (Phi) is 2.34. The van der Waals surface area contributed by atoms with Crippen LogP contribution in [-0.2, 0) is 10.9 Å². The van der Waals surface area contributed by atoms with Crippen LogP contribution in [0.5, 0.6) is 0 Å². The highest BCUT2D eigenvalue weighted by atomic mass is 19.4. The van der Waals surface area contributed by atoms with Gasteiger partial charge in [-0.05, 0) is 12.1 Å². The highest BCUT2D eigenvalue weighted by molar-refractivity contribution is 5.46. The van der Waals surface area contributed by atoms with E-state index >= 15 is 0 Å². The Morgan fingerprint density at radius 2 is 2.06 bits per heavy atom. The molecule has 1 fully saturated rings. The van der Waals surface area contributed by atoms with Gasteiger partial charge in [-0.1, -0.05) is 0 Å². The first-order valence-corrected chi connectivity index (χ1v) is 4.37. The Morgan fingerprint density at radius 1 is 1.44 bits per heavy atom. The van der Waals surface area contributed by atoms with E-state index in [0.29, 0.717) is 12.7 Å². The van der Waals surface area contributed by atoms with Gasteiger partial charge in [-0.15, -0.1) is 0 Å². The number of hydrogen-bond donors (Lipinski definition) is 0. The first-order chi connectivity index (χ1) is 7.39. The average Bonchev–Trinajstić information content (AvgIpc) is 2.98. The first-order valence-electron chi connectivity index (χ1n) is 4.37. The van der Waals surface area contributed by atoms with Crippen LogP contribution < -0.4 is 0 Å². The number of nitro groups is 1. The van der Waals surface area contributed by atoms with Crippen LogP contribution in [0, 0.1) is 10.1 Å². The summed E-state index contributed by atoms with van der Waals surface area (Å²) >= 11 is 0. The molecule has 1 aliphatic rings. The van der Waals surface area contributed by atoms with Crippen molar-refractivity contribution in [3.8, 4) is 0 Å². The quantitative estimate of drug-likeness (QED) is 0.448. The summed E-state index contributed by atoms with van der Waals surface area (Å²) in [5.74, 6) is 0. The van der Waals surface area contributed by atoms with Gasteiger partial charge >= 0.3 is 6.18 Å². The summed E-state index contributed by atoms with van der Waals surface area (Å²) in [7, 11) is 0. The molecule has 1 atom stereocenters. The molecule has 1 aromatic rings. The van der Waals surface area contributed by atoms with E-state index in [9.17, 15) is 23.3 Å². The lowest BCUT2D eigenvalue weighted by atomic mass is 10.1. The molecule has 1 aromatic carbocycles. The van der Waals surface area contributed by atoms with Crippen LogP contribution in [0.15, 0.2) is 18.2 Å². The number of benzene rings is 1. The molecule has 0 N–H and O–H groups in total. The summed E-state index contributed by atoms with van der Waals surface area (Å²) in [4.78, 5) is 9.79. The van der Waals surface area contributed by atoms with E-state index in [-0.39, 0.29) is 5.56 Å².